The van der Waals surface area contributed by atoms with E-state index in [9.17, 15) is 9.59 Å². The van der Waals surface area contributed by atoms with Crippen molar-refractivity contribution in [2.45, 2.75) is 44.2 Å². The molecule has 1 saturated carbocycles. The van der Waals surface area contributed by atoms with Crippen molar-refractivity contribution in [2.75, 3.05) is 11.7 Å². The zero-order valence-corrected chi connectivity index (χ0v) is 19.3. The molecular weight excluding hydrogens is 456 g/mol. The molecule has 2 aliphatic rings. The van der Waals surface area contributed by atoms with Crippen molar-refractivity contribution in [1.82, 2.24) is 5.32 Å². The highest BCUT2D eigenvalue weighted by Crippen LogP contribution is 2.39. The van der Waals surface area contributed by atoms with Gasteiger partial charge in [0.25, 0.3) is 5.91 Å². The third-order valence-electron chi connectivity index (χ3n) is 6.23. The van der Waals surface area contributed by atoms with Gasteiger partial charge in [0.15, 0.2) is 17.3 Å². The van der Waals surface area contributed by atoms with Crippen molar-refractivity contribution >= 4 is 29.1 Å². The van der Waals surface area contributed by atoms with Gasteiger partial charge in [0.2, 0.25) is 12.7 Å². The van der Waals surface area contributed by atoms with Crippen LogP contribution in [0, 0.1) is 0 Å². The second kappa shape index (κ2) is 9.81. The Morgan fingerprint density at radius 1 is 0.971 bits per heavy atom. The number of fused-ring (bicyclic) bond motifs is 1. The summed E-state index contributed by atoms with van der Waals surface area (Å²) in [5.41, 5.74) is 1.12. The van der Waals surface area contributed by atoms with E-state index in [-0.39, 0.29) is 24.5 Å². The molecule has 0 radical (unpaired) electrons. The largest absolute Gasteiger partial charge is 0.459 e. The van der Waals surface area contributed by atoms with E-state index in [2.05, 4.69) is 5.32 Å². The summed E-state index contributed by atoms with van der Waals surface area (Å²) in [6.07, 6.45) is 6.61. The van der Waals surface area contributed by atoms with Gasteiger partial charge in [-0.15, -0.1) is 0 Å². The van der Waals surface area contributed by atoms with Crippen LogP contribution in [0.15, 0.2) is 65.3 Å². The third-order valence-corrected chi connectivity index (χ3v) is 6.48. The van der Waals surface area contributed by atoms with E-state index in [0.29, 0.717) is 27.8 Å². The van der Waals surface area contributed by atoms with Gasteiger partial charge in [0.1, 0.15) is 6.04 Å². The van der Waals surface area contributed by atoms with Crippen LogP contribution in [0.1, 0.15) is 54.3 Å². The predicted molar refractivity (Wildman–Crippen MR) is 127 cm³/mol. The Balaban J connectivity index is 1.58. The molecule has 2 aromatic carbocycles. The minimum atomic E-state index is -0.947. The van der Waals surface area contributed by atoms with E-state index in [1.807, 2.05) is 0 Å². The van der Waals surface area contributed by atoms with Crippen LogP contribution in [-0.2, 0) is 4.79 Å². The van der Waals surface area contributed by atoms with E-state index < -0.39 is 11.9 Å². The van der Waals surface area contributed by atoms with Crippen molar-refractivity contribution < 1.29 is 23.5 Å². The Kier molecular flexibility index (Phi) is 6.45. The van der Waals surface area contributed by atoms with Gasteiger partial charge in [-0.05, 0) is 54.8 Å². The molecule has 0 spiro atoms. The first-order chi connectivity index (χ1) is 16.6. The van der Waals surface area contributed by atoms with Crippen molar-refractivity contribution in [1.29, 1.82) is 0 Å². The molecular formula is C26H25ClN2O5. The quantitative estimate of drug-likeness (QED) is 0.504. The maximum atomic E-state index is 13.8. The van der Waals surface area contributed by atoms with Crippen molar-refractivity contribution in [3.63, 3.8) is 0 Å². The number of furan rings is 1. The number of halogens is 1. The van der Waals surface area contributed by atoms with Crippen molar-refractivity contribution in [3.05, 3.63) is 77.2 Å². The number of hydrogen-bond donors (Lipinski definition) is 1. The van der Waals surface area contributed by atoms with Gasteiger partial charge in [-0.2, -0.15) is 0 Å². The van der Waals surface area contributed by atoms with Gasteiger partial charge >= 0.3 is 0 Å². The zero-order chi connectivity index (χ0) is 23.5. The van der Waals surface area contributed by atoms with Crippen molar-refractivity contribution in [2.24, 2.45) is 0 Å². The smallest absolute Gasteiger partial charge is 0.294 e. The molecule has 34 heavy (non-hydrogen) atoms. The Bertz CT molecular complexity index is 1160. The van der Waals surface area contributed by atoms with E-state index in [0.717, 1.165) is 25.7 Å². The predicted octanol–water partition coefficient (Wildman–Crippen LogP) is 5.50. The molecule has 2 heterocycles. The van der Waals surface area contributed by atoms with E-state index >= 15 is 0 Å². The molecule has 176 valence electrons. The molecule has 1 N–H and O–H groups in total. The van der Waals surface area contributed by atoms with Crippen LogP contribution in [0.2, 0.25) is 5.02 Å². The molecule has 0 unspecified atom stereocenters. The standard InChI is InChI=1S/C26H25ClN2O5/c27-18-10-8-17(9-11-18)24(25(30)28-19-5-2-1-3-6-19)29(26(31)22-7-4-14-32-22)20-12-13-21-23(15-20)34-16-33-21/h4,7-15,19,24H,1-3,5-6,16H2,(H,28,30)/t24-/m0/s1. The molecule has 0 bridgehead atoms. The van der Waals surface area contributed by atoms with Gasteiger partial charge in [0, 0.05) is 22.8 Å². The summed E-state index contributed by atoms with van der Waals surface area (Å²) in [4.78, 5) is 29.0. The number of hydrogen-bond acceptors (Lipinski definition) is 5. The molecule has 1 fully saturated rings. The number of carbonyl (C=O) groups excluding carboxylic acids is 2. The Morgan fingerprint density at radius 3 is 2.47 bits per heavy atom. The average Bonchev–Trinajstić information content (AvgIpc) is 3.55. The summed E-state index contributed by atoms with van der Waals surface area (Å²) in [5, 5.41) is 3.73. The lowest BCUT2D eigenvalue weighted by Gasteiger charge is -2.33. The van der Waals surface area contributed by atoms with Gasteiger partial charge in [-0.25, -0.2) is 0 Å². The summed E-state index contributed by atoms with van der Waals surface area (Å²) >= 11 is 6.13. The molecule has 1 aliphatic heterocycles. The number of nitrogens with zero attached hydrogens (tertiary/aromatic N) is 1. The summed E-state index contributed by atoms with van der Waals surface area (Å²) in [5.74, 6) is 0.526. The van der Waals surface area contributed by atoms with Crippen LogP contribution in [-0.4, -0.2) is 24.6 Å². The normalized spacial score (nSPS) is 16.1. The lowest BCUT2D eigenvalue weighted by molar-refractivity contribution is -0.123. The Labute approximate surface area is 202 Å². The fourth-order valence-corrected chi connectivity index (χ4v) is 4.65. The summed E-state index contributed by atoms with van der Waals surface area (Å²) in [6.45, 7) is 0.105. The van der Waals surface area contributed by atoms with E-state index in [4.69, 9.17) is 25.5 Å². The van der Waals surface area contributed by atoms with Crippen LogP contribution in [0.4, 0.5) is 5.69 Å². The van der Waals surface area contributed by atoms with Crippen molar-refractivity contribution in [3.8, 4) is 11.5 Å². The highest BCUT2D eigenvalue weighted by molar-refractivity contribution is 6.30. The number of carbonyl (C=O) groups is 2. The highest BCUT2D eigenvalue weighted by atomic mass is 35.5. The van der Waals surface area contributed by atoms with Crippen LogP contribution in [0.25, 0.3) is 0 Å². The van der Waals surface area contributed by atoms with Crippen LogP contribution >= 0.6 is 11.6 Å². The first-order valence-electron chi connectivity index (χ1n) is 11.4. The maximum Gasteiger partial charge on any atom is 0.294 e. The average molecular weight is 481 g/mol. The number of rotatable bonds is 6. The summed E-state index contributed by atoms with van der Waals surface area (Å²) in [6, 6.07) is 14.5. The SMILES string of the molecule is O=C(NC1CCCCC1)[C@H](c1ccc(Cl)cc1)N(C(=O)c1ccco1)c1ccc2c(c1)OCO2. The minimum absolute atomic E-state index is 0.0772. The zero-order valence-electron chi connectivity index (χ0n) is 18.5. The highest BCUT2D eigenvalue weighted by Gasteiger charge is 2.36. The summed E-state index contributed by atoms with van der Waals surface area (Å²) < 4.78 is 16.4. The van der Waals surface area contributed by atoms with Crippen LogP contribution in [0.5, 0.6) is 11.5 Å². The maximum absolute atomic E-state index is 13.8. The number of benzene rings is 2. The van der Waals surface area contributed by atoms with Gasteiger partial charge in [0.05, 0.1) is 6.26 Å². The van der Waals surface area contributed by atoms with Crippen LogP contribution < -0.4 is 19.7 Å². The lowest BCUT2D eigenvalue weighted by atomic mass is 9.94. The summed E-state index contributed by atoms with van der Waals surface area (Å²) in [7, 11) is 0. The van der Waals surface area contributed by atoms with Gasteiger partial charge in [-0.3, -0.25) is 14.5 Å². The molecule has 0 saturated heterocycles. The first-order valence-corrected chi connectivity index (χ1v) is 11.8. The topological polar surface area (TPSA) is 81.0 Å². The van der Waals surface area contributed by atoms with Gasteiger partial charge < -0.3 is 19.2 Å². The number of amides is 2. The van der Waals surface area contributed by atoms with E-state index in [1.165, 1.54) is 17.6 Å². The lowest BCUT2D eigenvalue weighted by Crippen LogP contribution is -2.47. The van der Waals surface area contributed by atoms with E-state index in [1.54, 1.807) is 54.6 Å². The molecule has 1 aliphatic carbocycles. The fraction of sp³-hybridized carbons (Fsp3) is 0.308. The Hall–Kier alpha value is -3.45. The van der Waals surface area contributed by atoms with Crippen LogP contribution in [0.3, 0.4) is 0 Å². The van der Waals surface area contributed by atoms with Gasteiger partial charge in [-0.1, -0.05) is 43.0 Å². The number of ether oxygens (including phenoxy) is 2. The molecule has 3 aromatic rings. The molecule has 5 rings (SSSR count). The monoisotopic (exact) mass is 480 g/mol. The molecule has 2 amide bonds. The second-order valence-corrected chi connectivity index (χ2v) is 8.92. The third kappa shape index (κ3) is 4.61. The molecule has 7 nitrogen and oxygen atoms in total. The number of anilines is 1. The Morgan fingerprint density at radius 2 is 1.74 bits per heavy atom. The first kappa shape index (κ1) is 22.3. The molecule has 8 heteroatoms. The minimum Gasteiger partial charge on any atom is -0.459 e. The second-order valence-electron chi connectivity index (χ2n) is 8.49. The molecule has 1 atom stereocenters. The fourth-order valence-electron chi connectivity index (χ4n) is 4.53. The molecule has 1 aromatic heterocycles. The number of nitrogens with one attached hydrogen (secondary N) is 1.